The first kappa shape index (κ1) is 37.8. The molecule has 16 heteroatoms. The van der Waals surface area contributed by atoms with Gasteiger partial charge in [-0.05, 0) is 81.9 Å². The van der Waals surface area contributed by atoms with Gasteiger partial charge in [-0.2, -0.15) is 13.2 Å². The Morgan fingerprint density at radius 3 is 2.52 bits per heavy atom. The van der Waals surface area contributed by atoms with Crippen LogP contribution in [-0.4, -0.2) is 93.6 Å². The third-order valence-corrected chi connectivity index (χ3v) is 11.6. The summed E-state index contributed by atoms with van der Waals surface area (Å²) >= 11 is 1.33. The number of hydrogen-bond donors (Lipinski definition) is 3. The molecule has 3 N–H and O–H groups in total. The molecular formula is C36H46F3N5O7S. The van der Waals surface area contributed by atoms with Crippen LogP contribution in [0, 0.1) is 5.92 Å². The number of fused-ring (bicyclic) bond motifs is 3. The number of halogens is 3. The van der Waals surface area contributed by atoms with Gasteiger partial charge in [0.15, 0.2) is 0 Å². The molecule has 1 aromatic carbocycles. The van der Waals surface area contributed by atoms with E-state index < -0.39 is 59.5 Å². The van der Waals surface area contributed by atoms with Gasteiger partial charge in [-0.15, -0.1) is 0 Å². The van der Waals surface area contributed by atoms with Crippen molar-refractivity contribution in [2.75, 3.05) is 13.1 Å². The number of carbonyl (C=O) groups is 5. The number of nitrogens with one attached hydrogen (secondary N) is 3. The molecule has 52 heavy (non-hydrogen) atoms. The molecule has 12 nitrogen and oxygen atoms in total. The van der Waals surface area contributed by atoms with Crippen LogP contribution in [0.15, 0.2) is 36.4 Å². The van der Waals surface area contributed by atoms with Crippen LogP contribution in [0.2, 0.25) is 0 Å². The number of benzene rings is 1. The number of allylic oxidation sites excluding steroid dienone is 1. The predicted molar refractivity (Wildman–Crippen MR) is 184 cm³/mol. The van der Waals surface area contributed by atoms with Crippen LogP contribution in [0.5, 0.6) is 0 Å². The minimum Gasteiger partial charge on any atom is -0.444 e. The first-order chi connectivity index (χ1) is 24.7. The van der Waals surface area contributed by atoms with E-state index in [0.29, 0.717) is 64.3 Å². The van der Waals surface area contributed by atoms with Crippen LogP contribution in [0.4, 0.5) is 22.8 Å². The van der Waals surface area contributed by atoms with Gasteiger partial charge in [0.05, 0.1) is 6.54 Å². The highest BCUT2D eigenvalue weighted by molar-refractivity contribution is 7.98. The number of amides is 5. The van der Waals surface area contributed by atoms with Gasteiger partial charge in [-0.1, -0.05) is 49.3 Å². The Hall–Kier alpha value is -3.95. The summed E-state index contributed by atoms with van der Waals surface area (Å²) < 4.78 is 54.1. The van der Waals surface area contributed by atoms with Crippen molar-refractivity contribution in [1.82, 2.24) is 25.2 Å². The molecule has 1 saturated heterocycles. The number of hydrogen-bond acceptors (Lipinski definition) is 8. The van der Waals surface area contributed by atoms with Crippen molar-refractivity contribution < 1.29 is 46.6 Å². The summed E-state index contributed by atoms with van der Waals surface area (Å²) in [5, 5.41) is 5.58. The highest BCUT2D eigenvalue weighted by Crippen LogP contribution is 2.46. The fraction of sp³-hybridized carbons (Fsp3) is 0.639. The van der Waals surface area contributed by atoms with Crippen LogP contribution in [0.1, 0.15) is 82.8 Å². The molecule has 3 fully saturated rings. The second-order valence-electron chi connectivity index (χ2n) is 14.9. The van der Waals surface area contributed by atoms with Crippen molar-refractivity contribution in [2.45, 2.75) is 125 Å². The van der Waals surface area contributed by atoms with Gasteiger partial charge in [-0.25, -0.2) is 9.59 Å². The summed E-state index contributed by atoms with van der Waals surface area (Å²) in [5.74, 6) is -1.95. The van der Waals surface area contributed by atoms with Crippen LogP contribution in [0.25, 0.3) is 0 Å². The maximum atomic E-state index is 14.3. The van der Waals surface area contributed by atoms with Gasteiger partial charge >= 0.3 is 18.4 Å². The normalized spacial score (nSPS) is 28.9. The van der Waals surface area contributed by atoms with Crippen LogP contribution < -0.4 is 15.4 Å². The van der Waals surface area contributed by atoms with Crippen molar-refractivity contribution >= 4 is 41.9 Å². The molecule has 0 spiro atoms. The van der Waals surface area contributed by atoms with Gasteiger partial charge in [0.1, 0.15) is 23.7 Å². The first-order valence-electron chi connectivity index (χ1n) is 18.0. The molecule has 5 atom stereocenters. The van der Waals surface area contributed by atoms with E-state index in [1.165, 1.54) is 16.8 Å². The zero-order valence-electron chi connectivity index (χ0n) is 29.3. The highest BCUT2D eigenvalue weighted by atomic mass is 32.2. The Bertz CT molecular complexity index is 1590. The van der Waals surface area contributed by atoms with Crippen molar-refractivity contribution in [1.29, 1.82) is 0 Å². The molecule has 5 amide bonds. The maximum Gasteiger partial charge on any atom is 0.427 e. The van der Waals surface area contributed by atoms with E-state index in [9.17, 15) is 37.1 Å². The second kappa shape index (κ2) is 15.2. The lowest BCUT2D eigenvalue weighted by Crippen LogP contribution is -2.57. The monoisotopic (exact) mass is 749 g/mol. The van der Waals surface area contributed by atoms with Crippen molar-refractivity contribution in [3.63, 3.8) is 0 Å². The van der Waals surface area contributed by atoms with E-state index in [2.05, 4.69) is 15.4 Å². The standard InChI is InChI=1S/C36H46F3N5O7S/c1-34(2,36(37,38)39)51-32(48)40-27-13-7-5-3-4-6-12-24-19-35(24,31(47)42-52-26-14-15-26)41-29(45)28-18-25(21-44(28)30(27)46)50-33(49)43-17-16-22-10-8-9-11-23(22)20-43/h6,8-12,24-28H,3-5,7,13-21H2,1-2H3,(H,40,48)(H,41,45)(H,42,47)/b12-6-/t24-,25-,27+,28+,35-/m1/s1. The lowest BCUT2D eigenvalue weighted by molar-refractivity contribution is -0.244. The molecule has 0 radical (unpaired) electrons. The summed E-state index contributed by atoms with van der Waals surface area (Å²) in [4.78, 5) is 71.0. The Morgan fingerprint density at radius 2 is 1.79 bits per heavy atom. The Kier molecular flexibility index (Phi) is 11.0. The van der Waals surface area contributed by atoms with Gasteiger partial charge in [0, 0.05) is 30.7 Å². The highest BCUT2D eigenvalue weighted by Gasteiger charge is 2.61. The Balaban J connectivity index is 1.23. The molecule has 2 aliphatic carbocycles. The van der Waals surface area contributed by atoms with E-state index in [1.807, 2.05) is 36.4 Å². The van der Waals surface area contributed by atoms with Crippen LogP contribution >= 0.6 is 11.9 Å². The zero-order chi connectivity index (χ0) is 37.3. The van der Waals surface area contributed by atoms with Crippen molar-refractivity contribution in [2.24, 2.45) is 5.92 Å². The second-order valence-corrected chi connectivity index (χ2v) is 16.0. The summed E-state index contributed by atoms with van der Waals surface area (Å²) in [6.45, 7) is 1.97. The predicted octanol–water partition coefficient (Wildman–Crippen LogP) is 4.91. The number of ether oxygens (including phenoxy) is 2. The van der Waals surface area contributed by atoms with Crippen molar-refractivity contribution in [3.05, 3.63) is 47.5 Å². The first-order valence-corrected chi connectivity index (χ1v) is 18.9. The van der Waals surface area contributed by atoms with Crippen LogP contribution in [-0.2, 0) is 36.8 Å². The van der Waals surface area contributed by atoms with Gasteiger partial charge in [0.25, 0.3) is 5.91 Å². The molecule has 3 aliphatic heterocycles. The number of nitrogens with zero attached hydrogens (tertiary/aromatic N) is 2. The molecule has 284 valence electrons. The molecule has 6 rings (SSSR count). The van der Waals surface area contributed by atoms with Gasteiger partial charge < -0.3 is 29.9 Å². The smallest absolute Gasteiger partial charge is 0.427 e. The van der Waals surface area contributed by atoms with E-state index in [-0.39, 0.29) is 31.2 Å². The third kappa shape index (κ3) is 8.63. The SMILES string of the molecule is CC(C)(OC(=O)N[C@H]1CCCCC/C=C\[C@@H]2C[C@@]2(C(=O)NSC2CC2)NC(=O)[C@@H]2C[C@@H](OC(=O)N3CCc4ccccc4C3)CN2C1=O)C(F)(F)F. The molecule has 2 saturated carbocycles. The van der Waals surface area contributed by atoms with Crippen LogP contribution in [0.3, 0.4) is 0 Å². The average molecular weight is 750 g/mol. The number of alkyl halides is 3. The van der Waals surface area contributed by atoms with Gasteiger partial charge in [0.2, 0.25) is 17.4 Å². The summed E-state index contributed by atoms with van der Waals surface area (Å²) in [7, 11) is 0. The van der Waals surface area contributed by atoms with Crippen molar-refractivity contribution in [3.8, 4) is 0 Å². The summed E-state index contributed by atoms with van der Waals surface area (Å²) in [6, 6.07) is 5.24. The number of alkyl carbamates (subject to hydrolysis) is 1. The topological polar surface area (TPSA) is 146 Å². The van der Waals surface area contributed by atoms with E-state index in [4.69, 9.17) is 9.47 Å². The average Bonchev–Trinajstić information content (AvgIpc) is 4.01. The lowest BCUT2D eigenvalue weighted by Gasteiger charge is -2.31. The fourth-order valence-electron chi connectivity index (χ4n) is 6.91. The summed E-state index contributed by atoms with van der Waals surface area (Å²) in [5.41, 5.74) is -1.93. The van der Waals surface area contributed by atoms with E-state index in [0.717, 1.165) is 30.4 Å². The van der Waals surface area contributed by atoms with E-state index in [1.54, 1.807) is 4.90 Å². The number of carbonyl (C=O) groups excluding carboxylic acids is 5. The molecule has 5 aliphatic rings. The molecule has 0 aromatic heterocycles. The molecule has 0 unspecified atom stereocenters. The Morgan fingerprint density at radius 1 is 1.04 bits per heavy atom. The minimum atomic E-state index is -4.87. The minimum absolute atomic E-state index is 0.0694. The number of rotatable bonds is 6. The maximum absolute atomic E-state index is 14.3. The largest absolute Gasteiger partial charge is 0.444 e. The molecule has 3 heterocycles. The molecular weight excluding hydrogens is 703 g/mol. The summed E-state index contributed by atoms with van der Waals surface area (Å²) in [6.07, 6.45) is 1.56. The third-order valence-electron chi connectivity index (χ3n) is 10.5. The van der Waals surface area contributed by atoms with E-state index >= 15 is 0 Å². The lowest BCUT2D eigenvalue weighted by atomic mass is 10.0. The van der Waals surface area contributed by atoms with Gasteiger partial charge in [-0.3, -0.25) is 19.1 Å². The molecule has 0 bridgehead atoms. The molecule has 1 aromatic rings. The Labute approximate surface area is 305 Å². The quantitative estimate of drug-likeness (QED) is 0.275. The zero-order valence-corrected chi connectivity index (χ0v) is 30.2. The fourth-order valence-corrected chi connectivity index (χ4v) is 7.74.